The number of esters is 1. The van der Waals surface area contributed by atoms with E-state index < -0.39 is 23.9 Å². The van der Waals surface area contributed by atoms with Gasteiger partial charge >= 0.3 is 5.97 Å². The van der Waals surface area contributed by atoms with Crippen LogP contribution in [-0.4, -0.2) is 18.1 Å². The van der Waals surface area contributed by atoms with Gasteiger partial charge in [0, 0.05) is 6.54 Å². The Morgan fingerprint density at radius 1 is 1.62 bits per heavy atom. The van der Waals surface area contributed by atoms with Crippen molar-refractivity contribution in [2.75, 3.05) is 7.11 Å². The molecule has 0 saturated heterocycles. The summed E-state index contributed by atoms with van der Waals surface area (Å²) in [4.78, 5) is 14.5. The highest BCUT2D eigenvalue weighted by Crippen LogP contribution is 2.22. The number of pyridine rings is 1. The van der Waals surface area contributed by atoms with Crippen LogP contribution < -0.4 is 5.73 Å². The van der Waals surface area contributed by atoms with Crippen molar-refractivity contribution in [3.63, 3.8) is 0 Å². The zero-order chi connectivity index (χ0) is 12.3. The van der Waals surface area contributed by atoms with E-state index in [1.54, 1.807) is 0 Å². The first-order chi connectivity index (χ1) is 7.51. The van der Waals surface area contributed by atoms with E-state index in [9.17, 15) is 18.0 Å². The van der Waals surface area contributed by atoms with E-state index in [0.717, 1.165) is 7.11 Å². The van der Waals surface area contributed by atoms with E-state index in [4.69, 9.17) is 5.73 Å². The van der Waals surface area contributed by atoms with Gasteiger partial charge in [0.25, 0.3) is 6.43 Å². The van der Waals surface area contributed by atoms with Gasteiger partial charge in [0.2, 0.25) is 0 Å². The second-order valence-corrected chi connectivity index (χ2v) is 2.85. The lowest BCUT2D eigenvalue weighted by Gasteiger charge is -2.08. The molecule has 0 aliphatic rings. The highest BCUT2D eigenvalue weighted by Gasteiger charge is 2.21. The molecule has 0 aromatic carbocycles. The van der Waals surface area contributed by atoms with E-state index in [-0.39, 0.29) is 17.8 Å². The average molecular weight is 234 g/mol. The number of carbonyl (C=O) groups excluding carboxylic acids is 1. The molecular formula is C9H9F3N2O2. The number of rotatable bonds is 3. The molecular weight excluding hydrogens is 225 g/mol. The standard InChI is InChI=1S/C9H9F3N2O2/c1-16-9(15)4-2-5(10)7(8(11)12)14-6(4)3-13/h2,8H,3,13H2,1H3. The summed E-state index contributed by atoms with van der Waals surface area (Å²) in [6.07, 6.45) is -3.06. The Morgan fingerprint density at radius 3 is 2.69 bits per heavy atom. The predicted octanol–water partition coefficient (Wildman–Crippen LogP) is 1.40. The zero-order valence-corrected chi connectivity index (χ0v) is 8.34. The summed E-state index contributed by atoms with van der Waals surface area (Å²) in [6, 6.07) is 0.655. The first kappa shape index (κ1) is 12.4. The van der Waals surface area contributed by atoms with Crippen LogP contribution in [0.5, 0.6) is 0 Å². The fourth-order valence-electron chi connectivity index (χ4n) is 1.14. The lowest BCUT2D eigenvalue weighted by atomic mass is 10.1. The summed E-state index contributed by atoms with van der Waals surface area (Å²) in [5.74, 6) is -2.12. The monoisotopic (exact) mass is 234 g/mol. The van der Waals surface area contributed by atoms with Gasteiger partial charge in [-0.1, -0.05) is 0 Å². The van der Waals surface area contributed by atoms with Crippen molar-refractivity contribution in [1.29, 1.82) is 0 Å². The third-order valence-corrected chi connectivity index (χ3v) is 1.89. The van der Waals surface area contributed by atoms with Crippen LogP contribution in [-0.2, 0) is 11.3 Å². The molecule has 1 aromatic heterocycles. The summed E-state index contributed by atoms with van der Waals surface area (Å²) >= 11 is 0. The van der Waals surface area contributed by atoms with Crippen molar-refractivity contribution in [2.45, 2.75) is 13.0 Å². The van der Waals surface area contributed by atoms with Gasteiger partial charge in [0.1, 0.15) is 5.69 Å². The number of hydrogen-bond donors (Lipinski definition) is 1. The van der Waals surface area contributed by atoms with Crippen molar-refractivity contribution in [3.05, 3.63) is 28.8 Å². The quantitative estimate of drug-likeness (QED) is 0.803. The second-order valence-electron chi connectivity index (χ2n) is 2.85. The molecule has 7 heteroatoms. The Labute approximate surface area is 89.2 Å². The Kier molecular flexibility index (Phi) is 3.83. The Morgan fingerprint density at radius 2 is 2.25 bits per heavy atom. The fraction of sp³-hybridized carbons (Fsp3) is 0.333. The second kappa shape index (κ2) is 4.93. The SMILES string of the molecule is COC(=O)c1cc(F)c(C(F)F)nc1CN. The van der Waals surface area contributed by atoms with Gasteiger partial charge in [-0.3, -0.25) is 0 Å². The van der Waals surface area contributed by atoms with Crippen LogP contribution in [0.3, 0.4) is 0 Å². The molecule has 1 aromatic rings. The van der Waals surface area contributed by atoms with Gasteiger partial charge < -0.3 is 10.5 Å². The Bertz CT molecular complexity index is 410. The van der Waals surface area contributed by atoms with Crippen LogP contribution in [0.4, 0.5) is 13.2 Å². The van der Waals surface area contributed by atoms with Crippen LogP contribution in [0.2, 0.25) is 0 Å². The summed E-state index contributed by atoms with van der Waals surface area (Å²) in [5, 5.41) is 0. The molecule has 1 rings (SSSR count). The molecule has 0 aliphatic carbocycles. The first-order valence-corrected chi connectivity index (χ1v) is 4.27. The van der Waals surface area contributed by atoms with Crippen LogP contribution in [0.15, 0.2) is 6.07 Å². The van der Waals surface area contributed by atoms with Crippen LogP contribution in [0, 0.1) is 5.82 Å². The lowest BCUT2D eigenvalue weighted by Crippen LogP contribution is -2.14. The fourth-order valence-corrected chi connectivity index (χ4v) is 1.14. The van der Waals surface area contributed by atoms with E-state index >= 15 is 0 Å². The minimum Gasteiger partial charge on any atom is -0.465 e. The minimum atomic E-state index is -3.06. The summed E-state index contributed by atoms with van der Waals surface area (Å²) in [7, 11) is 1.08. The molecule has 4 nitrogen and oxygen atoms in total. The molecule has 0 bridgehead atoms. The van der Waals surface area contributed by atoms with E-state index in [1.165, 1.54) is 0 Å². The Hall–Kier alpha value is -1.63. The number of ether oxygens (including phenoxy) is 1. The maximum absolute atomic E-state index is 13.1. The lowest BCUT2D eigenvalue weighted by molar-refractivity contribution is 0.0597. The molecule has 88 valence electrons. The third kappa shape index (κ3) is 2.30. The zero-order valence-electron chi connectivity index (χ0n) is 8.34. The molecule has 16 heavy (non-hydrogen) atoms. The number of carbonyl (C=O) groups is 1. The molecule has 0 radical (unpaired) electrons. The molecule has 0 fully saturated rings. The minimum absolute atomic E-state index is 0.122. The topological polar surface area (TPSA) is 65.2 Å². The third-order valence-electron chi connectivity index (χ3n) is 1.89. The smallest absolute Gasteiger partial charge is 0.339 e. The molecule has 0 amide bonds. The highest BCUT2D eigenvalue weighted by molar-refractivity contribution is 5.90. The predicted molar refractivity (Wildman–Crippen MR) is 48.4 cm³/mol. The molecule has 0 spiro atoms. The van der Waals surface area contributed by atoms with E-state index in [2.05, 4.69) is 9.72 Å². The normalized spacial score (nSPS) is 10.6. The number of nitrogens with zero attached hydrogens (tertiary/aromatic N) is 1. The van der Waals surface area contributed by atoms with Crippen molar-refractivity contribution < 1.29 is 22.7 Å². The number of halogens is 3. The number of alkyl halides is 2. The van der Waals surface area contributed by atoms with Crippen molar-refractivity contribution >= 4 is 5.97 Å². The highest BCUT2D eigenvalue weighted by atomic mass is 19.3. The number of nitrogens with two attached hydrogens (primary N) is 1. The molecule has 0 unspecified atom stereocenters. The van der Waals surface area contributed by atoms with Gasteiger partial charge in [-0.25, -0.2) is 22.9 Å². The van der Waals surface area contributed by atoms with Gasteiger partial charge in [0.15, 0.2) is 5.82 Å². The van der Waals surface area contributed by atoms with Crippen molar-refractivity contribution in [3.8, 4) is 0 Å². The van der Waals surface area contributed by atoms with E-state index in [0.29, 0.717) is 6.07 Å². The number of aromatic nitrogens is 1. The van der Waals surface area contributed by atoms with Gasteiger partial charge in [-0.05, 0) is 6.07 Å². The van der Waals surface area contributed by atoms with Crippen LogP contribution in [0.1, 0.15) is 28.2 Å². The van der Waals surface area contributed by atoms with E-state index in [1.807, 2.05) is 0 Å². The summed E-state index contributed by atoms with van der Waals surface area (Å²) in [6.45, 7) is -0.259. The van der Waals surface area contributed by atoms with Gasteiger partial charge in [-0.15, -0.1) is 0 Å². The van der Waals surface area contributed by atoms with Crippen molar-refractivity contribution in [2.24, 2.45) is 5.73 Å². The molecule has 0 saturated carbocycles. The summed E-state index contributed by atoms with van der Waals surface area (Å²) in [5.41, 5.74) is 3.84. The van der Waals surface area contributed by atoms with Crippen LogP contribution >= 0.6 is 0 Å². The van der Waals surface area contributed by atoms with Gasteiger partial charge in [-0.2, -0.15) is 0 Å². The molecule has 2 N–H and O–H groups in total. The van der Waals surface area contributed by atoms with Gasteiger partial charge in [0.05, 0.1) is 18.4 Å². The molecule has 1 heterocycles. The largest absolute Gasteiger partial charge is 0.465 e. The number of hydrogen-bond acceptors (Lipinski definition) is 4. The number of methoxy groups -OCH3 is 1. The molecule has 0 atom stereocenters. The molecule has 0 aliphatic heterocycles. The van der Waals surface area contributed by atoms with Crippen LogP contribution in [0.25, 0.3) is 0 Å². The maximum atomic E-state index is 13.1. The first-order valence-electron chi connectivity index (χ1n) is 4.27. The van der Waals surface area contributed by atoms with Crippen molar-refractivity contribution in [1.82, 2.24) is 4.98 Å². The average Bonchev–Trinajstić information content (AvgIpc) is 2.27. The summed E-state index contributed by atoms with van der Waals surface area (Å²) < 4.78 is 42.1. The maximum Gasteiger partial charge on any atom is 0.339 e. The Balaban J connectivity index is 3.32.